The van der Waals surface area contributed by atoms with Crippen LogP contribution in [0.2, 0.25) is 0 Å². The van der Waals surface area contributed by atoms with Gasteiger partial charge in [-0.3, -0.25) is 9.98 Å². The van der Waals surface area contributed by atoms with Gasteiger partial charge in [-0.25, -0.2) is 0 Å². The van der Waals surface area contributed by atoms with Gasteiger partial charge in [0.25, 0.3) is 0 Å². The summed E-state index contributed by atoms with van der Waals surface area (Å²) in [6, 6.07) is 11.2. The number of phenols is 2. The van der Waals surface area contributed by atoms with Crippen LogP contribution in [0.4, 0.5) is 0 Å². The Labute approximate surface area is 174 Å². The van der Waals surface area contributed by atoms with E-state index in [9.17, 15) is 10.2 Å². The number of nitrogens with zero attached hydrogens (tertiary/aromatic N) is 3. The topological polar surface area (TPSA) is 68.4 Å². The van der Waals surface area contributed by atoms with Gasteiger partial charge in [-0.05, 0) is 76.2 Å². The number of hydrogen-bond donors (Lipinski definition) is 2. The molecule has 2 aromatic carbocycles. The zero-order chi connectivity index (χ0) is 21.1. The first kappa shape index (κ1) is 22.6. The summed E-state index contributed by atoms with van der Waals surface area (Å²) in [7, 11) is 2.11. The first-order valence-electron chi connectivity index (χ1n) is 10.3. The summed E-state index contributed by atoms with van der Waals surface area (Å²) in [5.41, 5.74) is 3.87. The van der Waals surface area contributed by atoms with Crippen molar-refractivity contribution in [2.45, 2.75) is 33.1 Å². The van der Waals surface area contributed by atoms with Gasteiger partial charge < -0.3 is 15.1 Å². The van der Waals surface area contributed by atoms with Gasteiger partial charge in [0.1, 0.15) is 11.5 Å². The van der Waals surface area contributed by atoms with E-state index in [2.05, 4.69) is 28.9 Å². The average molecular weight is 396 g/mol. The number of aryl methyl sites for hydroxylation is 2. The van der Waals surface area contributed by atoms with Gasteiger partial charge in [-0.15, -0.1) is 0 Å². The first-order chi connectivity index (χ1) is 14.0. The molecule has 2 rings (SSSR count). The molecule has 0 aliphatic heterocycles. The fraction of sp³-hybridized carbons (Fsp3) is 0.417. The van der Waals surface area contributed by atoms with E-state index >= 15 is 0 Å². The van der Waals surface area contributed by atoms with Crippen LogP contribution in [0.3, 0.4) is 0 Å². The van der Waals surface area contributed by atoms with Crippen molar-refractivity contribution in [3.63, 3.8) is 0 Å². The Morgan fingerprint density at radius 1 is 0.862 bits per heavy atom. The molecule has 0 unspecified atom stereocenters. The van der Waals surface area contributed by atoms with Gasteiger partial charge in [0, 0.05) is 36.6 Å². The van der Waals surface area contributed by atoms with Crippen molar-refractivity contribution in [1.29, 1.82) is 0 Å². The zero-order valence-electron chi connectivity index (χ0n) is 17.8. The second-order valence-corrected chi connectivity index (χ2v) is 7.39. The fourth-order valence-corrected chi connectivity index (χ4v) is 3.01. The molecular formula is C24H33N3O2. The maximum Gasteiger partial charge on any atom is 0.124 e. The lowest BCUT2D eigenvalue weighted by Crippen LogP contribution is -2.22. The third-order valence-electron chi connectivity index (χ3n) is 4.80. The van der Waals surface area contributed by atoms with Gasteiger partial charge >= 0.3 is 0 Å². The molecule has 0 amide bonds. The number of benzene rings is 2. The highest BCUT2D eigenvalue weighted by atomic mass is 16.3. The van der Waals surface area contributed by atoms with Crippen molar-refractivity contribution in [2.75, 3.05) is 33.2 Å². The highest BCUT2D eigenvalue weighted by molar-refractivity contribution is 5.84. The Bertz CT molecular complexity index is 831. The predicted molar refractivity (Wildman–Crippen MR) is 122 cm³/mol. The summed E-state index contributed by atoms with van der Waals surface area (Å²) in [6.45, 7) is 7.52. The molecule has 0 heterocycles. The van der Waals surface area contributed by atoms with Crippen molar-refractivity contribution in [3.05, 3.63) is 58.7 Å². The zero-order valence-corrected chi connectivity index (χ0v) is 17.8. The van der Waals surface area contributed by atoms with Crippen LogP contribution in [0.15, 0.2) is 46.4 Å². The summed E-state index contributed by atoms with van der Waals surface area (Å²) in [6.07, 6.45) is 6.41. The number of hydrogen-bond acceptors (Lipinski definition) is 5. The van der Waals surface area contributed by atoms with Crippen molar-refractivity contribution in [3.8, 4) is 11.5 Å². The molecule has 0 saturated carbocycles. The highest BCUT2D eigenvalue weighted by Crippen LogP contribution is 2.17. The Hall–Kier alpha value is -2.66. The molecule has 2 aromatic rings. The van der Waals surface area contributed by atoms with Gasteiger partial charge in [0.2, 0.25) is 0 Å². The molecule has 29 heavy (non-hydrogen) atoms. The largest absolute Gasteiger partial charge is 0.507 e. The van der Waals surface area contributed by atoms with E-state index in [0.29, 0.717) is 0 Å². The SMILES string of the molecule is CCc1ccc(O)c(C=NCCCN(C)CCCN=Cc2cc(C)ccc2O)c1. The van der Waals surface area contributed by atoms with E-state index in [1.165, 1.54) is 5.56 Å². The van der Waals surface area contributed by atoms with Crippen molar-refractivity contribution < 1.29 is 10.2 Å². The second-order valence-electron chi connectivity index (χ2n) is 7.39. The van der Waals surface area contributed by atoms with Gasteiger partial charge in [-0.2, -0.15) is 0 Å². The van der Waals surface area contributed by atoms with Crippen LogP contribution in [0.25, 0.3) is 0 Å². The fourth-order valence-electron chi connectivity index (χ4n) is 3.01. The number of aromatic hydroxyl groups is 2. The summed E-state index contributed by atoms with van der Waals surface area (Å²) < 4.78 is 0. The minimum Gasteiger partial charge on any atom is -0.507 e. The van der Waals surface area contributed by atoms with Gasteiger partial charge in [0.05, 0.1) is 0 Å². The third-order valence-corrected chi connectivity index (χ3v) is 4.80. The summed E-state index contributed by atoms with van der Waals surface area (Å²) in [5.74, 6) is 0.550. The lowest BCUT2D eigenvalue weighted by molar-refractivity contribution is 0.329. The Morgan fingerprint density at radius 3 is 2.00 bits per heavy atom. The van der Waals surface area contributed by atoms with Crippen molar-refractivity contribution in [2.24, 2.45) is 9.98 Å². The molecule has 0 bridgehead atoms. The van der Waals surface area contributed by atoms with E-state index < -0.39 is 0 Å². The minimum atomic E-state index is 0.270. The predicted octanol–water partition coefficient (Wildman–Crippen LogP) is 4.22. The Balaban J connectivity index is 1.63. The van der Waals surface area contributed by atoms with Crippen LogP contribution in [-0.4, -0.2) is 60.8 Å². The maximum absolute atomic E-state index is 9.89. The van der Waals surface area contributed by atoms with Crippen LogP contribution < -0.4 is 0 Å². The minimum absolute atomic E-state index is 0.270. The Kier molecular flexibility index (Phi) is 9.38. The number of phenolic OH excluding ortho intramolecular Hbond substituents is 2. The molecule has 0 fully saturated rings. The molecule has 0 saturated heterocycles. The van der Waals surface area contributed by atoms with Crippen LogP contribution in [0, 0.1) is 6.92 Å². The molecule has 156 valence electrons. The standard InChI is InChI=1S/C24H33N3O2/c1-4-20-8-10-24(29)22(16-20)18-26-12-6-14-27(3)13-5-11-25-17-21-15-19(2)7-9-23(21)28/h7-10,15-18,28-29H,4-6,11-14H2,1-3H3. The quantitative estimate of drug-likeness (QED) is 0.442. The molecule has 0 aliphatic rings. The average Bonchev–Trinajstić information content (AvgIpc) is 2.71. The molecule has 5 heteroatoms. The number of aliphatic imine (C=N–C) groups is 2. The molecule has 5 nitrogen and oxygen atoms in total. The summed E-state index contributed by atoms with van der Waals surface area (Å²) in [4.78, 5) is 11.2. The van der Waals surface area contributed by atoms with E-state index in [0.717, 1.165) is 62.1 Å². The molecule has 0 atom stereocenters. The molecule has 0 radical (unpaired) electrons. The van der Waals surface area contributed by atoms with E-state index in [1.54, 1.807) is 24.6 Å². The molecular weight excluding hydrogens is 362 g/mol. The van der Waals surface area contributed by atoms with E-state index in [-0.39, 0.29) is 11.5 Å². The van der Waals surface area contributed by atoms with Gasteiger partial charge in [0.15, 0.2) is 0 Å². The smallest absolute Gasteiger partial charge is 0.124 e. The maximum atomic E-state index is 9.89. The van der Waals surface area contributed by atoms with Crippen molar-refractivity contribution in [1.82, 2.24) is 4.90 Å². The molecule has 0 spiro atoms. The summed E-state index contributed by atoms with van der Waals surface area (Å²) >= 11 is 0. The van der Waals surface area contributed by atoms with E-state index in [1.807, 2.05) is 31.2 Å². The summed E-state index contributed by atoms with van der Waals surface area (Å²) in [5, 5.41) is 19.7. The Morgan fingerprint density at radius 2 is 1.41 bits per heavy atom. The number of rotatable bonds is 11. The lowest BCUT2D eigenvalue weighted by Gasteiger charge is -2.14. The highest BCUT2D eigenvalue weighted by Gasteiger charge is 2.01. The van der Waals surface area contributed by atoms with E-state index in [4.69, 9.17) is 0 Å². The van der Waals surface area contributed by atoms with Crippen LogP contribution in [0.1, 0.15) is 42.0 Å². The van der Waals surface area contributed by atoms with Gasteiger partial charge in [-0.1, -0.05) is 24.6 Å². The second kappa shape index (κ2) is 12.0. The lowest BCUT2D eigenvalue weighted by atomic mass is 10.1. The third kappa shape index (κ3) is 8.08. The first-order valence-corrected chi connectivity index (χ1v) is 10.3. The van der Waals surface area contributed by atoms with Crippen LogP contribution in [0.5, 0.6) is 11.5 Å². The monoisotopic (exact) mass is 395 g/mol. The van der Waals surface area contributed by atoms with Crippen LogP contribution >= 0.6 is 0 Å². The molecule has 2 N–H and O–H groups in total. The molecule has 0 aliphatic carbocycles. The van der Waals surface area contributed by atoms with Crippen molar-refractivity contribution >= 4 is 12.4 Å². The molecule has 0 aromatic heterocycles. The normalized spacial score (nSPS) is 11.9. The van der Waals surface area contributed by atoms with Crippen LogP contribution in [-0.2, 0) is 6.42 Å².